The number of allylic oxidation sites excluding steroid dienone is 1. The first-order chi connectivity index (χ1) is 34.9. The van der Waals surface area contributed by atoms with Crippen LogP contribution in [0.2, 0.25) is 0 Å². The highest BCUT2D eigenvalue weighted by atomic mass is 16.7. The molecule has 22 heteroatoms. The number of para-hydroxylation sites is 1. The third-order valence-electron chi connectivity index (χ3n) is 14.2. The minimum Gasteiger partial charge on any atom is -0.462 e. The third kappa shape index (κ3) is 13.3. The molecule has 0 saturated carbocycles. The second-order valence-electron chi connectivity index (χ2n) is 21.1. The van der Waals surface area contributed by atoms with E-state index < -0.39 is 151 Å². The monoisotopic (exact) mass is 1040 g/mol. The molecule has 0 spiro atoms. The highest BCUT2D eigenvalue weighted by molar-refractivity contribution is 5.72. The van der Waals surface area contributed by atoms with Crippen LogP contribution in [0.15, 0.2) is 52.1 Å². The molecule has 5 aliphatic heterocycles. The molecule has 0 aliphatic carbocycles. The summed E-state index contributed by atoms with van der Waals surface area (Å²) < 4.78 is 59.1. The minimum absolute atomic E-state index is 0.00422. The summed E-state index contributed by atoms with van der Waals surface area (Å²) in [6, 6.07) is 5.44. The molecule has 5 aliphatic rings. The first-order valence-electron chi connectivity index (χ1n) is 25.4. The third-order valence-corrected chi connectivity index (χ3v) is 14.2. The summed E-state index contributed by atoms with van der Waals surface area (Å²) in [7, 11) is 4.78. The van der Waals surface area contributed by atoms with Gasteiger partial charge in [0.05, 0.1) is 42.5 Å². The Labute approximate surface area is 431 Å². The SMILES string of the molecule is CO[C@@H]1[C@@H](O[C@@H]2O[C@H](C)[C@@H](O[C@H]3C[C@@](C)(O)[C@@H](OC(=O)CC(C)C)[C@H](C)O3)[C@H](N(C)C)[C@H]2O)[C@@H](C)C[C@@H](CC=O)[C@@H](OC(C)=O)C2C=CC(C[C@@H](C)OC(=O)C[C@H]1OC(C)=O)n1c(=O)n(-c3ccccc3)c(=O)n12. The number of aliphatic hydroxyl groups excluding tert-OH is 1. The van der Waals surface area contributed by atoms with Crippen molar-refractivity contribution in [1.82, 2.24) is 18.8 Å². The van der Waals surface area contributed by atoms with Crippen LogP contribution in [0.4, 0.5) is 0 Å². The van der Waals surface area contributed by atoms with Gasteiger partial charge in [0.25, 0.3) is 0 Å². The van der Waals surface area contributed by atoms with Gasteiger partial charge in [0.1, 0.15) is 54.6 Å². The van der Waals surface area contributed by atoms with Gasteiger partial charge in [-0.15, -0.1) is 0 Å². The quantitative estimate of drug-likeness (QED) is 0.119. The van der Waals surface area contributed by atoms with Crippen molar-refractivity contribution in [2.45, 2.75) is 198 Å². The van der Waals surface area contributed by atoms with Crippen LogP contribution in [0.3, 0.4) is 0 Å². The number of carbonyl (C=O) groups is 5. The van der Waals surface area contributed by atoms with Gasteiger partial charge in [0, 0.05) is 52.6 Å². The second-order valence-corrected chi connectivity index (χ2v) is 21.1. The Morgan fingerprint density at radius 2 is 1.53 bits per heavy atom. The molecule has 0 radical (unpaired) electrons. The molecule has 2 aromatic rings. The predicted molar refractivity (Wildman–Crippen MR) is 263 cm³/mol. The molecule has 2 N–H and O–H groups in total. The summed E-state index contributed by atoms with van der Waals surface area (Å²) in [5.74, 6) is -4.40. The van der Waals surface area contributed by atoms with Gasteiger partial charge in [-0.2, -0.15) is 0 Å². The van der Waals surface area contributed by atoms with E-state index in [1.165, 1.54) is 23.4 Å². The molecule has 2 bridgehead atoms. The van der Waals surface area contributed by atoms with Crippen molar-refractivity contribution >= 4 is 30.2 Å². The van der Waals surface area contributed by atoms with Crippen molar-refractivity contribution in [2.24, 2.45) is 17.8 Å². The number of rotatable bonds is 14. The summed E-state index contributed by atoms with van der Waals surface area (Å²) in [6.07, 6.45) is -10.3. The maximum atomic E-state index is 14.6. The van der Waals surface area contributed by atoms with E-state index >= 15 is 0 Å². The summed E-state index contributed by atoms with van der Waals surface area (Å²) in [5.41, 5.74) is -2.74. The summed E-state index contributed by atoms with van der Waals surface area (Å²) in [6.45, 7) is 14.4. The maximum Gasteiger partial charge on any atom is 0.352 e. The van der Waals surface area contributed by atoms with E-state index in [2.05, 4.69) is 0 Å². The number of methoxy groups -OCH3 is 1. The molecule has 22 nitrogen and oxygen atoms in total. The van der Waals surface area contributed by atoms with E-state index in [-0.39, 0.29) is 43.7 Å². The molecular formula is C52H76N4O18. The molecule has 18 atom stereocenters. The smallest absolute Gasteiger partial charge is 0.352 e. The van der Waals surface area contributed by atoms with Gasteiger partial charge in [-0.25, -0.2) is 23.5 Å². The molecule has 2 saturated heterocycles. The average Bonchev–Trinajstić information content (AvgIpc) is 3.56. The molecule has 0 amide bonds. The first kappa shape index (κ1) is 58.2. The molecule has 2 unspecified atom stereocenters. The van der Waals surface area contributed by atoms with Crippen LogP contribution < -0.4 is 11.4 Å². The van der Waals surface area contributed by atoms with Crippen LogP contribution in [0, 0.1) is 17.8 Å². The van der Waals surface area contributed by atoms with E-state index in [1.807, 2.05) is 13.8 Å². The topological polar surface area (TPSA) is 261 Å². The standard InChI is InChI=1S/C52H76N4O18/c1-27(2)22-39(60)72-48-31(6)68-41(26-52(48,9)65)73-45-30(5)69-49(43(62)42(45)53(10)11)74-44-28(3)23-34(20-21-57)46(71-33(8)59)37-19-18-36(24-29(4)67-40(61)25-38(47(44)66-12)70-32(7)58)55-50(63)54(51(64)56(37)55)35-16-14-13-15-17-35/h13-19,21,27-31,34,36-38,41-49,62,65H,20,22-26H2,1-12H3/t28-,29+,30+,31-,34+,36?,37?,38+,41-,42+,43+,44-,45+,46+,47-,48-,49-,52+/m0/s1. The number of aromatic nitrogens is 3. The van der Waals surface area contributed by atoms with Crippen LogP contribution in [-0.2, 0) is 66.6 Å². The first-order valence-corrected chi connectivity index (χ1v) is 25.4. The summed E-state index contributed by atoms with van der Waals surface area (Å²) >= 11 is 0. The lowest BCUT2D eigenvalue weighted by Crippen LogP contribution is -2.66. The lowest BCUT2D eigenvalue weighted by molar-refractivity contribution is -0.344. The number of aldehydes is 1. The zero-order chi connectivity index (χ0) is 54.5. The van der Waals surface area contributed by atoms with Crippen molar-refractivity contribution < 1.29 is 76.8 Å². The van der Waals surface area contributed by atoms with Gasteiger partial charge in [-0.05, 0) is 72.2 Å². The molecule has 412 valence electrons. The number of hydrogen-bond donors (Lipinski definition) is 2. The van der Waals surface area contributed by atoms with Crippen molar-refractivity contribution in [3.8, 4) is 5.69 Å². The van der Waals surface area contributed by atoms with Gasteiger partial charge >= 0.3 is 35.3 Å². The summed E-state index contributed by atoms with van der Waals surface area (Å²) in [4.78, 5) is 96.1. The fraction of sp³-hybridized carbons (Fsp3) is 0.712. The molecular weight excluding hydrogens is 969 g/mol. The number of aliphatic hydroxyl groups is 2. The normalized spacial score (nSPS) is 35.9. The predicted octanol–water partition coefficient (Wildman–Crippen LogP) is 2.94. The van der Waals surface area contributed by atoms with Gasteiger partial charge in [0.2, 0.25) is 0 Å². The number of esters is 4. The van der Waals surface area contributed by atoms with E-state index in [4.69, 9.17) is 42.6 Å². The fourth-order valence-electron chi connectivity index (χ4n) is 11.1. The number of likely N-dealkylation sites (N-methyl/N-ethyl adjacent to an activating group) is 1. The Bertz CT molecular complexity index is 2420. The Hall–Kier alpha value is -5.07. The van der Waals surface area contributed by atoms with Crippen molar-refractivity contribution in [3.63, 3.8) is 0 Å². The lowest BCUT2D eigenvalue weighted by atomic mass is 9.81. The van der Waals surface area contributed by atoms with Gasteiger partial charge < -0.3 is 62.5 Å². The van der Waals surface area contributed by atoms with Crippen molar-refractivity contribution in [3.05, 3.63) is 63.5 Å². The van der Waals surface area contributed by atoms with E-state index in [0.29, 0.717) is 6.29 Å². The fourth-order valence-corrected chi connectivity index (χ4v) is 11.1. The van der Waals surface area contributed by atoms with E-state index in [0.717, 1.165) is 11.5 Å². The zero-order valence-electron chi connectivity index (χ0n) is 44.5. The zero-order valence-corrected chi connectivity index (χ0v) is 44.5. The Kier molecular flexibility index (Phi) is 19.4. The molecule has 1 aromatic heterocycles. The Balaban J connectivity index is 1.39. The second kappa shape index (κ2) is 24.7. The highest BCUT2D eigenvalue weighted by Crippen LogP contribution is 2.40. The number of hydrogen-bond acceptors (Lipinski definition) is 19. The van der Waals surface area contributed by atoms with Crippen LogP contribution in [0.5, 0.6) is 0 Å². The molecule has 6 heterocycles. The van der Waals surface area contributed by atoms with E-state index in [1.54, 1.807) is 96.1 Å². The van der Waals surface area contributed by atoms with Crippen LogP contribution in [0.1, 0.15) is 113 Å². The highest BCUT2D eigenvalue weighted by Gasteiger charge is 2.53. The average molecular weight is 1050 g/mol. The number of carbonyl (C=O) groups excluding carboxylic acids is 5. The van der Waals surface area contributed by atoms with Crippen LogP contribution >= 0.6 is 0 Å². The number of benzene rings is 1. The van der Waals surface area contributed by atoms with Gasteiger partial charge in [-0.1, -0.05) is 51.1 Å². The van der Waals surface area contributed by atoms with Gasteiger partial charge in [0.15, 0.2) is 18.7 Å². The minimum atomic E-state index is -1.56. The molecule has 2 fully saturated rings. The maximum absolute atomic E-state index is 14.6. The van der Waals surface area contributed by atoms with Gasteiger partial charge in [-0.3, -0.25) is 19.2 Å². The largest absolute Gasteiger partial charge is 0.462 e. The molecule has 7 rings (SSSR count). The van der Waals surface area contributed by atoms with E-state index in [9.17, 15) is 43.8 Å². The van der Waals surface area contributed by atoms with Crippen LogP contribution in [0.25, 0.3) is 5.69 Å². The molecule has 74 heavy (non-hydrogen) atoms. The number of ether oxygens (including phenoxy) is 9. The summed E-state index contributed by atoms with van der Waals surface area (Å²) in [5, 5.41) is 24.0. The Morgan fingerprint density at radius 1 is 0.865 bits per heavy atom. The van der Waals surface area contributed by atoms with Crippen LogP contribution in [-0.4, -0.2) is 166 Å². The number of nitrogens with zero attached hydrogens (tertiary/aromatic N) is 4. The lowest BCUT2D eigenvalue weighted by Gasteiger charge is -2.50. The Morgan fingerprint density at radius 3 is 2.12 bits per heavy atom. The molecule has 1 aromatic carbocycles. The van der Waals surface area contributed by atoms with Crippen molar-refractivity contribution in [2.75, 3.05) is 21.2 Å². The number of fused-ring (bicyclic) bond motifs is 11. The van der Waals surface area contributed by atoms with Crippen molar-refractivity contribution in [1.29, 1.82) is 0 Å².